The number of nitrogens with one attached hydrogen (secondary N) is 2. The van der Waals surface area contributed by atoms with Crippen LogP contribution in [0.2, 0.25) is 0 Å². The number of nitrogens with zero attached hydrogens (tertiary/aromatic N) is 1. The second-order valence-corrected chi connectivity index (χ2v) is 5.89. The maximum absolute atomic E-state index is 10.7. The third-order valence-electron chi connectivity index (χ3n) is 3.54. The van der Waals surface area contributed by atoms with Gasteiger partial charge in [-0.2, -0.15) is 0 Å². The molecule has 1 atom stereocenters. The number of anilines is 1. The van der Waals surface area contributed by atoms with Crippen molar-refractivity contribution in [2.24, 2.45) is 5.92 Å². The fourth-order valence-electron chi connectivity index (χ4n) is 2.53. The van der Waals surface area contributed by atoms with Crippen LogP contribution in [0.4, 0.5) is 11.4 Å². The third-order valence-corrected chi connectivity index (χ3v) is 4.90. The summed E-state index contributed by atoms with van der Waals surface area (Å²) in [6.07, 6.45) is 2.33. The molecule has 1 aromatic rings. The molecular weight excluding hydrogens is 274 g/mol. The first-order valence-electron chi connectivity index (χ1n) is 7.16. The Hall–Kier alpha value is -1.27. The molecule has 0 aliphatic carbocycles. The van der Waals surface area contributed by atoms with Crippen LogP contribution in [0.15, 0.2) is 23.1 Å². The molecule has 3 rings (SSSR count). The van der Waals surface area contributed by atoms with E-state index in [0.717, 1.165) is 23.7 Å². The van der Waals surface area contributed by atoms with Crippen LogP contribution in [0.5, 0.6) is 0 Å². The molecule has 0 saturated carbocycles. The second kappa shape index (κ2) is 6.95. The summed E-state index contributed by atoms with van der Waals surface area (Å²) in [7, 11) is 0. The molecule has 5 nitrogen and oxygen atoms in total. The van der Waals surface area contributed by atoms with Crippen LogP contribution < -0.4 is 10.6 Å². The zero-order chi connectivity index (χ0) is 14.5. The van der Waals surface area contributed by atoms with Gasteiger partial charge in [0.05, 0.1) is 16.0 Å². The Kier molecular flexibility index (Phi) is 5.25. The van der Waals surface area contributed by atoms with Gasteiger partial charge in [-0.25, -0.2) is 0 Å². The van der Waals surface area contributed by atoms with E-state index in [4.69, 9.17) is 0 Å². The highest BCUT2D eigenvalue weighted by molar-refractivity contribution is 8.00. The molecule has 1 fully saturated rings. The van der Waals surface area contributed by atoms with Crippen LogP contribution in [0.3, 0.4) is 0 Å². The lowest BCUT2D eigenvalue weighted by atomic mass is 9.98. The van der Waals surface area contributed by atoms with E-state index in [0.29, 0.717) is 11.3 Å². The first kappa shape index (κ1) is 15.1. The predicted octanol–water partition coefficient (Wildman–Crippen LogP) is 3.46. The summed E-state index contributed by atoms with van der Waals surface area (Å²) in [5, 5.41) is 17.9. The molecule has 1 aromatic carbocycles. The smallest absolute Gasteiger partial charge is 0.271 e. The van der Waals surface area contributed by atoms with Crippen LogP contribution in [0.25, 0.3) is 0 Å². The van der Waals surface area contributed by atoms with Gasteiger partial charge in [0.15, 0.2) is 0 Å². The molecule has 0 spiro atoms. The highest BCUT2D eigenvalue weighted by Crippen LogP contribution is 2.44. The van der Waals surface area contributed by atoms with E-state index in [2.05, 4.69) is 10.6 Å². The molecule has 0 bridgehead atoms. The van der Waals surface area contributed by atoms with Crippen LogP contribution in [-0.4, -0.2) is 23.4 Å². The molecule has 2 N–H and O–H groups in total. The minimum atomic E-state index is -0.343. The Morgan fingerprint density at radius 1 is 1.30 bits per heavy atom. The lowest BCUT2D eigenvalue weighted by molar-refractivity contribution is -0.384. The summed E-state index contributed by atoms with van der Waals surface area (Å²) >= 11 is 1.80. The number of piperidine rings is 1. The number of non-ortho nitro benzene ring substituents is 1. The molecule has 2 aliphatic rings. The molecule has 0 radical (unpaired) electrons. The van der Waals surface area contributed by atoms with Gasteiger partial charge in [-0.05, 0) is 37.9 Å². The van der Waals surface area contributed by atoms with Gasteiger partial charge in [0.1, 0.15) is 0 Å². The van der Waals surface area contributed by atoms with Crippen molar-refractivity contribution >= 4 is 23.1 Å². The number of nitro groups is 1. The van der Waals surface area contributed by atoms with E-state index >= 15 is 0 Å². The molecule has 20 heavy (non-hydrogen) atoms. The second-order valence-electron chi connectivity index (χ2n) is 4.71. The zero-order valence-corrected chi connectivity index (χ0v) is 12.7. The van der Waals surface area contributed by atoms with E-state index in [1.807, 2.05) is 19.9 Å². The first-order chi connectivity index (χ1) is 9.74. The number of fused-ring (bicyclic) bond motifs is 1. The summed E-state index contributed by atoms with van der Waals surface area (Å²) < 4.78 is 0. The predicted molar refractivity (Wildman–Crippen MR) is 83.3 cm³/mol. The number of hydrogen-bond donors (Lipinski definition) is 2. The minimum absolute atomic E-state index is 0.160. The number of nitro benzene ring substituents is 1. The summed E-state index contributed by atoms with van der Waals surface area (Å²) in [5.41, 5.74) is 1.07. The molecule has 1 unspecified atom stereocenters. The monoisotopic (exact) mass is 295 g/mol. The number of benzene rings is 1. The Morgan fingerprint density at radius 3 is 2.65 bits per heavy atom. The van der Waals surface area contributed by atoms with Crippen LogP contribution in [-0.2, 0) is 0 Å². The van der Waals surface area contributed by atoms with Crippen LogP contribution in [0.1, 0.15) is 26.7 Å². The normalized spacial score (nSPS) is 21.4. The topological polar surface area (TPSA) is 67.2 Å². The molecule has 6 heteroatoms. The number of rotatable bonds is 2. The Balaban J connectivity index is 0.000000704. The SMILES string of the molecule is CC.O=[N+]([O-])c1ccc2c(c1)NC(C1CCNCC1)S2. The van der Waals surface area contributed by atoms with Gasteiger partial charge in [-0.1, -0.05) is 25.6 Å². The van der Waals surface area contributed by atoms with Gasteiger partial charge in [0.2, 0.25) is 0 Å². The lowest BCUT2D eigenvalue weighted by Crippen LogP contribution is -2.34. The third kappa shape index (κ3) is 3.24. The van der Waals surface area contributed by atoms with Gasteiger partial charge >= 0.3 is 0 Å². The van der Waals surface area contributed by atoms with Crippen molar-refractivity contribution in [1.82, 2.24) is 5.32 Å². The summed E-state index contributed by atoms with van der Waals surface area (Å²) in [4.78, 5) is 11.5. The van der Waals surface area contributed by atoms with E-state index in [1.165, 1.54) is 12.8 Å². The van der Waals surface area contributed by atoms with Crippen molar-refractivity contribution < 1.29 is 4.92 Å². The first-order valence-corrected chi connectivity index (χ1v) is 8.04. The van der Waals surface area contributed by atoms with Crippen molar-refractivity contribution in [1.29, 1.82) is 0 Å². The molecule has 1 saturated heterocycles. The van der Waals surface area contributed by atoms with E-state index in [1.54, 1.807) is 23.9 Å². The summed E-state index contributed by atoms with van der Waals surface area (Å²) in [6.45, 7) is 6.14. The van der Waals surface area contributed by atoms with E-state index in [9.17, 15) is 10.1 Å². The molecule has 2 aliphatic heterocycles. The lowest BCUT2D eigenvalue weighted by Gasteiger charge is -2.27. The summed E-state index contributed by atoms with van der Waals surface area (Å²) in [6, 6.07) is 5.08. The fraction of sp³-hybridized carbons (Fsp3) is 0.571. The fourth-order valence-corrected chi connectivity index (χ4v) is 3.84. The van der Waals surface area contributed by atoms with Crippen molar-refractivity contribution in [2.45, 2.75) is 37.0 Å². The minimum Gasteiger partial charge on any atom is -0.372 e. The molecule has 2 heterocycles. The van der Waals surface area contributed by atoms with E-state index in [-0.39, 0.29) is 10.6 Å². The number of thioether (sulfide) groups is 1. The zero-order valence-electron chi connectivity index (χ0n) is 11.9. The Bertz CT molecular complexity index is 475. The highest BCUT2D eigenvalue weighted by Gasteiger charge is 2.30. The Morgan fingerprint density at radius 2 is 2.00 bits per heavy atom. The average Bonchev–Trinajstić information content (AvgIpc) is 2.93. The number of hydrogen-bond acceptors (Lipinski definition) is 5. The van der Waals surface area contributed by atoms with Crippen LogP contribution >= 0.6 is 11.8 Å². The molecule has 0 aromatic heterocycles. The maximum atomic E-state index is 10.7. The Labute approximate surface area is 123 Å². The molecule has 110 valence electrons. The molecular formula is C14H21N3O2S. The summed E-state index contributed by atoms with van der Waals surface area (Å²) in [5.74, 6) is 0.641. The van der Waals surface area contributed by atoms with Crippen molar-refractivity contribution in [2.75, 3.05) is 18.4 Å². The van der Waals surface area contributed by atoms with Gasteiger partial charge in [-0.15, -0.1) is 0 Å². The highest BCUT2D eigenvalue weighted by atomic mass is 32.2. The average molecular weight is 295 g/mol. The van der Waals surface area contributed by atoms with Gasteiger partial charge in [0, 0.05) is 17.0 Å². The standard InChI is InChI=1S/C12H15N3O2S.C2H6/c16-15(17)9-1-2-11-10(7-9)14-12(18-11)8-3-5-13-6-4-8;1-2/h1-2,7-8,12-14H,3-6H2;1-2H3. The quantitative estimate of drug-likeness (QED) is 0.646. The maximum Gasteiger partial charge on any atom is 0.271 e. The van der Waals surface area contributed by atoms with Crippen LogP contribution in [0, 0.1) is 16.0 Å². The van der Waals surface area contributed by atoms with Crippen molar-refractivity contribution in [3.8, 4) is 0 Å². The van der Waals surface area contributed by atoms with E-state index < -0.39 is 0 Å². The van der Waals surface area contributed by atoms with Crippen molar-refractivity contribution in [3.63, 3.8) is 0 Å². The molecule has 0 amide bonds. The van der Waals surface area contributed by atoms with Gasteiger partial charge < -0.3 is 10.6 Å². The van der Waals surface area contributed by atoms with Crippen molar-refractivity contribution in [3.05, 3.63) is 28.3 Å². The largest absolute Gasteiger partial charge is 0.372 e. The van der Waals surface area contributed by atoms with Gasteiger partial charge in [0.25, 0.3) is 5.69 Å². The van der Waals surface area contributed by atoms with Gasteiger partial charge in [-0.3, -0.25) is 10.1 Å².